The van der Waals surface area contributed by atoms with Gasteiger partial charge in [0.2, 0.25) is 5.91 Å². The molecule has 0 radical (unpaired) electrons. The summed E-state index contributed by atoms with van der Waals surface area (Å²) in [6.45, 7) is -2.08. The van der Waals surface area contributed by atoms with Crippen molar-refractivity contribution in [2.75, 3.05) is 36.5 Å². The van der Waals surface area contributed by atoms with E-state index in [0.29, 0.717) is 24.8 Å². The summed E-state index contributed by atoms with van der Waals surface area (Å²) in [7, 11) is 0. The molecule has 4 rings (SSSR count). The van der Waals surface area contributed by atoms with Crippen LogP contribution in [0.4, 0.5) is 20.2 Å². The van der Waals surface area contributed by atoms with Gasteiger partial charge in [-0.1, -0.05) is 0 Å². The first-order chi connectivity index (χ1) is 15.3. The van der Waals surface area contributed by atoms with Crippen LogP contribution in [0.3, 0.4) is 0 Å². The zero-order chi connectivity index (χ0) is 22.8. The highest BCUT2D eigenvalue weighted by Gasteiger charge is 2.43. The Kier molecular flexibility index (Phi) is 6.56. The number of benzene rings is 1. The molecule has 1 aromatic rings. The Balaban J connectivity index is 1.56. The fourth-order valence-corrected chi connectivity index (χ4v) is 3.88. The van der Waals surface area contributed by atoms with Crippen molar-refractivity contribution in [2.24, 2.45) is 11.7 Å². The second-order valence-corrected chi connectivity index (χ2v) is 8.32. The van der Waals surface area contributed by atoms with Crippen LogP contribution in [0.15, 0.2) is 18.2 Å². The second-order valence-electron chi connectivity index (χ2n) is 8.32. The molecule has 3 amide bonds. The summed E-state index contributed by atoms with van der Waals surface area (Å²) in [5, 5.41) is 2.53. The zero-order valence-electron chi connectivity index (χ0n) is 17.5. The van der Waals surface area contributed by atoms with Crippen LogP contribution in [-0.2, 0) is 19.1 Å². The molecule has 1 saturated heterocycles. The first-order valence-electron chi connectivity index (χ1n) is 10.7. The van der Waals surface area contributed by atoms with E-state index in [-0.39, 0.29) is 36.5 Å². The van der Waals surface area contributed by atoms with Crippen LogP contribution in [-0.4, -0.2) is 67.6 Å². The van der Waals surface area contributed by atoms with Gasteiger partial charge in [0, 0.05) is 30.9 Å². The van der Waals surface area contributed by atoms with Gasteiger partial charge in [0.25, 0.3) is 11.8 Å². The lowest BCUT2D eigenvalue weighted by Crippen LogP contribution is -2.53. The Morgan fingerprint density at radius 1 is 1.28 bits per heavy atom. The molecule has 0 bridgehead atoms. The SMILES string of the molecule is NC(=O)[C@H](C(=O)Nc1ccc(N2CCOCC2=O)cc1OC(F)F)N(CC1CC1)C1CC1. The highest BCUT2D eigenvalue weighted by molar-refractivity contribution is 6.10. The van der Waals surface area contributed by atoms with Gasteiger partial charge < -0.3 is 25.4 Å². The predicted octanol–water partition coefficient (Wildman–Crippen LogP) is 1.32. The molecule has 0 unspecified atom stereocenters. The summed E-state index contributed by atoms with van der Waals surface area (Å²) in [5.41, 5.74) is 5.87. The third-order valence-corrected chi connectivity index (χ3v) is 5.77. The number of rotatable bonds is 10. The van der Waals surface area contributed by atoms with Crippen molar-refractivity contribution >= 4 is 29.1 Å². The Morgan fingerprint density at radius 3 is 2.62 bits per heavy atom. The molecule has 174 valence electrons. The van der Waals surface area contributed by atoms with Crippen LogP contribution in [0.5, 0.6) is 5.75 Å². The smallest absolute Gasteiger partial charge is 0.387 e. The van der Waals surface area contributed by atoms with E-state index in [0.717, 1.165) is 25.7 Å². The van der Waals surface area contributed by atoms with Crippen molar-refractivity contribution in [3.8, 4) is 5.75 Å². The number of halogens is 2. The van der Waals surface area contributed by atoms with E-state index >= 15 is 0 Å². The maximum absolute atomic E-state index is 13.1. The molecule has 11 heteroatoms. The first-order valence-corrected chi connectivity index (χ1v) is 10.7. The molecule has 2 aliphatic carbocycles. The normalized spacial score (nSPS) is 19.9. The average Bonchev–Trinajstić information content (AvgIpc) is 3.63. The van der Waals surface area contributed by atoms with Crippen LogP contribution in [0, 0.1) is 5.92 Å². The molecule has 1 aliphatic heterocycles. The molecule has 1 heterocycles. The van der Waals surface area contributed by atoms with Gasteiger partial charge in [-0.15, -0.1) is 0 Å². The van der Waals surface area contributed by atoms with Crippen molar-refractivity contribution in [1.29, 1.82) is 0 Å². The van der Waals surface area contributed by atoms with Crippen molar-refractivity contribution in [1.82, 2.24) is 4.90 Å². The maximum atomic E-state index is 13.1. The van der Waals surface area contributed by atoms with Gasteiger partial charge in [-0.25, -0.2) is 0 Å². The van der Waals surface area contributed by atoms with E-state index < -0.39 is 24.5 Å². The van der Waals surface area contributed by atoms with Gasteiger partial charge in [-0.05, 0) is 43.7 Å². The highest BCUT2D eigenvalue weighted by Crippen LogP contribution is 2.37. The van der Waals surface area contributed by atoms with E-state index in [4.69, 9.17) is 10.5 Å². The number of primary amides is 1. The Morgan fingerprint density at radius 2 is 2.03 bits per heavy atom. The Hall–Kier alpha value is -2.79. The quantitative estimate of drug-likeness (QED) is 0.518. The molecular formula is C21H26F2N4O5. The van der Waals surface area contributed by atoms with Gasteiger partial charge in [-0.2, -0.15) is 8.78 Å². The van der Waals surface area contributed by atoms with Gasteiger partial charge >= 0.3 is 6.61 Å². The minimum Gasteiger partial charge on any atom is -0.433 e. The van der Waals surface area contributed by atoms with Crippen molar-refractivity contribution in [2.45, 2.75) is 44.4 Å². The van der Waals surface area contributed by atoms with Crippen LogP contribution >= 0.6 is 0 Å². The summed E-state index contributed by atoms with van der Waals surface area (Å²) in [4.78, 5) is 40.5. The lowest BCUT2D eigenvalue weighted by molar-refractivity contribution is -0.133. The van der Waals surface area contributed by atoms with Gasteiger partial charge in [0.15, 0.2) is 11.8 Å². The van der Waals surface area contributed by atoms with Crippen molar-refractivity contribution in [3.05, 3.63) is 18.2 Å². The van der Waals surface area contributed by atoms with E-state index in [1.807, 2.05) is 4.90 Å². The van der Waals surface area contributed by atoms with Gasteiger partial charge in [0.05, 0.1) is 12.3 Å². The number of carbonyl (C=O) groups excluding carboxylic acids is 3. The molecule has 9 nitrogen and oxygen atoms in total. The third-order valence-electron chi connectivity index (χ3n) is 5.77. The average molecular weight is 452 g/mol. The summed E-state index contributed by atoms with van der Waals surface area (Å²) in [6, 6.07) is 3.05. The standard InChI is InChI=1S/C21H26F2N4O5/c22-21(23)32-16-9-14(26-7-8-31-11-17(26)28)5-6-15(16)25-20(30)18(19(24)29)27(13-3-4-13)10-12-1-2-12/h5-6,9,12-13,18,21H,1-4,7-8,10-11H2,(H2,24,29)(H,25,30)/t18-/m1/s1. The summed E-state index contributed by atoms with van der Waals surface area (Å²) in [5.74, 6) is -1.67. The van der Waals surface area contributed by atoms with E-state index in [1.165, 1.54) is 23.1 Å². The molecule has 3 fully saturated rings. The minimum atomic E-state index is -3.15. The van der Waals surface area contributed by atoms with Crippen LogP contribution in [0.1, 0.15) is 25.7 Å². The number of anilines is 2. The highest BCUT2D eigenvalue weighted by atomic mass is 19.3. The lowest BCUT2D eigenvalue weighted by Gasteiger charge is -2.29. The molecule has 3 aliphatic rings. The van der Waals surface area contributed by atoms with Crippen molar-refractivity contribution < 1.29 is 32.6 Å². The molecule has 0 spiro atoms. The minimum absolute atomic E-state index is 0.0341. The molecule has 1 aromatic carbocycles. The maximum Gasteiger partial charge on any atom is 0.387 e. The molecule has 3 N–H and O–H groups in total. The van der Waals surface area contributed by atoms with Crippen molar-refractivity contribution in [3.63, 3.8) is 0 Å². The number of carbonyl (C=O) groups is 3. The predicted molar refractivity (Wildman–Crippen MR) is 110 cm³/mol. The summed E-state index contributed by atoms with van der Waals surface area (Å²) in [6.07, 6.45) is 3.85. The topological polar surface area (TPSA) is 114 Å². The number of hydrogen-bond acceptors (Lipinski definition) is 6. The largest absolute Gasteiger partial charge is 0.433 e. The fraction of sp³-hybridized carbons (Fsp3) is 0.571. The van der Waals surface area contributed by atoms with Crippen LogP contribution in [0.25, 0.3) is 0 Å². The number of alkyl halides is 2. The van der Waals surface area contributed by atoms with E-state index in [1.54, 1.807) is 0 Å². The molecule has 0 aromatic heterocycles. The number of amides is 3. The molecular weight excluding hydrogens is 426 g/mol. The molecule has 32 heavy (non-hydrogen) atoms. The van der Waals surface area contributed by atoms with Crippen LogP contribution < -0.4 is 20.7 Å². The fourth-order valence-electron chi connectivity index (χ4n) is 3.88. The monoisotopic (exact) mass is 452 g/mol. The number of morpholine rings is 1. The molecule has 2 saturated carbocycles. The van der Waals surface area contributed by atoms with E-state index in [9.17, 15) is 23.2 Å². The van der Waals surface area contributed by atoms with E-state index in [2.05, 4.69) is 10.1 Å². The number of hydrogen-bond donors (Lipinski definition) is 2. The third kappa shape index (κ3) is 5.33. The molecule has 1 atom stereocenters. The summed E-state index contributed by atoms with van der Waals surface area (Å²) < 4.78 is 35.8. The Bertz CT molecular complexity index is 891. The second kappa shape index (κ2) is 9.37. The number of nitrogens with one attached hydrogen (secondary N) is 1. The lowest BCUT2D eigenvalue weighted by atomic mass is 10.1. The number of nitrogens with zero attached hydrogens (tertiary/aromatic N) is 2. The summed E-state index contributed by atoms with van der Waals surface area (Å²) >= 11 is 0. The number of nitrogens with two attached hydrogens (primary N) is 1. The van der Waals surface area contributed by atoms with Gasteiger partial charge in [0.1, 0.15) is 6.61 Å². The zero-order valence-corrected chi connectivity index (χ0v) is 17.5. The Labute approximate surface area is 183 Å². The number of ether oxygens (including phenoxy) is 2. The van der Waals surface area contributed by atoms with Crippen LogP contribution in [0.2, 0.25) is 0 Å². The van der Waals surface area contributed by atoms with Gasteiger partial charge in [-0.3, -0.25) is 19.3 Å². The first kappa shape index (κ1) is 22.4.